The number of anilines is 3. The Morgan fingerprint density at radius 3 is 1.63 bits per heavy atom. The fourth-order valence-electron chi connectivity index (χ4n) is 7.96. The number of hydrogen-bond donors (Lipinski definition) is 0. The number of furan rings is 1. The van der Waals surface area contributed by atoms with Gasteiger partial charge in [0.05, 0.1) is 11.4 Å². The first kappa shape index (κ1) is 31.6. The van der Waals surface area contributed by atoms with Crippen LogP contribution in [0.5, 0.6) is 0 Å². The summed E-state index contributed by atoms with van der Waals surface area (Å²) in [6, 6.07) is 76.0. The van der Waals surface area contributed by atoms with Gasteiger partial charge in [-0.15, -0.1) is 0 Å². The van der Waals surface area contributed by atoms with E-state index >= 15 is 0 Å². The van der Waals surface area contributed by atoms with E-state index < -0.39 is 0 Å². The van der Waals surface area contributed by atoms with Gasteiger partial charge in [-0.3, -0.25) is 0 Å². The molecule has 0 aliphatic heterocycles. The van der Waals surface area contributed by atoms with Crippen molar-refractivity contribution in [2.24, 2.45) is 0 Å². The maximum Gasteiger partial charge on any atom is 0.136 e. The van der Waals surface area contributed by atoms with Crippen LogP contribution in [0.25, 0.3) is 77.2 Å². The molecular weight excluding hydrogens is 655 g/mol. The van der Waals surface area contributed by atoms with Crippen molar-refractivity contribution in [3.8, 4) is 44.5 Å². The average molecular weight is 690 g/mol. The molecule has 0 aliphatic rings. The Kier molecular flexibility index (Phi) is 7.85. The number of hydrogen-bond acceptors (Lipinski definition) is 2. The molecule has 0 radical (unpaired) electrons. The summed E-state index contributed by atoms with van der Waals surface area (Å²) in [4.78, 5) is 2.43. The van der Waals surface area contributed by atoms with Gasteiger partial charge in [0.2, 0.25) is 0 Å². The normalized spacial score (nSPS) is 11.3. The molecule has 1 heterocycles. The quantitative estimate of drug-likeness (QED) is 0.166. The van der Waals surface area contributed by atoms with E-state index in [2.05, 4.69) is 211 Å². The van der Waals surface area contributed by atoms with E-state index in [1.165, 1.54) is 38.6 Å². The molecule has 1 aromatic heterocycles. The van der Waals surface area contributed by atoms with E-state index in [0.29, 0.717) is 0 Å². The van der Waals surface area contributed by atoms with E-state index in [1.807, 2.05) is 6.07 Å². The minimum atomic E-state index is 0.881. The lowest BCUT2D eigenvalue weighted by atomic mass is 9.91. The summed E-state index contributed by atoms with van der Waals surface area (Å²) < 4.78 is 6.38. The molecule has 10 aromatic rings. The number of para-hydroxylation sites is 3. The minimum absolute atomic E-state index is 0.881. The summed E-state index contributed by atoms with van der Waals surface area (Å²) >= 11 is 0. The second-order valence-corrected chi connectivity index (χ2v) is 13.7. The van der Waals surface area contributed by atoms with Crippen molar-refractivity contribution < 1.29 is 4.42 Å². The zero-order chi connectivity index (χ0) is 35.8. The van der Waals surface area contributed by atoms with Crippen LogP contribution < -0.4 is 4.90 Å². The van der Waals surface area contributed by atoms with Gasteiger partial charge in [-0.1, -0.05) is 170 Å². The van der Waals surface area contributed by atoms with Crippen LogP contribution in [0.4, 0.5) is 17.1 Å². The van der Waals surface area contributed by atoms with Gasteiger partial charge in [-0.25, -0.2) is 0 Å². The molecule has 0 amide bonds. The van der Waals surface area contributed by atoms with Crippen molar-refractivity contribution in [3.63, 3.8) is 0 Å². The van der Waals surface area contributed by atoms with E-state index in [9.17, 15) is 0 Å². The maximum atomic E-state index is 6.38. The highest BCUT2D eigenvalue weighted by Crippen LogP contribution is 2.48. The van der Waals surface area contributed by atoms with Gasteiger partial charge in [-0.2, -0.15) is 0 Å². The van der Waals surface area contributed by atoms with Crippen LogP contribution in [-0.4, -0.2) is 0 Å². The fraction of sp³-hybridized carbons (Fsp3) is 0. The molecule has 254 valence electrons. The van der Waals surface area contributed by atoms with Crippen LogP contribution >= 0.6 is 0 Å². The third-order valence-electron chi connectivity index (χ3n) is 10.5. The zero-order valence-electron chi connectivity index (χ0n) is 29.6. The number of fused-ring (bicyclic) bond motifs is 4. The van der Waals surface area contributed by atoms with Gasteiger partial charge in [0, 0.05) is 27.6 Å². The molecule has 0 unspecified atom stereocenters. The molecule has 0 bridgehead atoms. The van der Waals surface area contributed by atoms with Crippen molar-refractivity contribution in [1.82, 2.24) is 0 Å². The van der Waals surface area contributed by atoms with Crippen molar-refractivity contribution in [3.05, 3.63) is 212 Å². The maximum absolute atomic E-state index is 6.38. The third-order valence-corrected chi connectivity index (χ3v) is 10.5. The van der Waals surface area contributed by atoms with E-state index in [-0.39, 0.29) is 0 Å². The topological polar surface area (TPSA) is 16.4 Å². The van der Waals surface area contributed by atoms with Gasteiger partial charge in [0.15, 0.2) is 0 Å². The summed E-state index contributed by atoms with van der Waals surface area (Å²) in [5, 5.41) is 4.70. The highest BCUT2D eigenvalue weighted by molar-refractivity contribution is 6.14. The minimum Gasteiger partial charge on any atom is -0.456 e. The van der Waals surface area contributed by atoms with Gasteiger partial charge < -0.3 is 9.32 Å². The fourth-order valence-corrected chi connectivity index (χ4v) is 7.96. The Hall–Kier alpha value is -7.16. The second-order valence-electron chi connectivity index (χ2n) is 13.7. The largest absolute Gasteiger partial charge is 0.456 e. The predicted molar refractivity (Wildman–Crippen MR) is 228 cm³/mol. The Morgan fingerprint density at radius 1 is 0.315 bits per heavy atom. The van der Waals surface area contributed by atoms with Crippen molar-refractivity contribution in [1.29, 1.82) is 0 Å². The molecular formula is C52H35NO. The molecule has 10 rings (SSSR count). The molecule has 0 aliphatic carbocycles. The molecule has 0 fully saturated rings. The van der Waals surface area contributed by atoms with Gasteiger partial charge >= 0.3 is 0 Å². The molecule has 9 aromatic carbocycles. The highest BCUT2D eigenvalue weighted by Gasteiger charge is 2.23. The standard InChI is InChI=1S/C52H35NO/c1-2-15-36(16-3-1)38-31-33-41(34-32-38)53(49-26-12-9-22-45(49)46-24-14-28-51-52(46)47-23-10-13-27-50(47)54-51)48-25-11-8-21-44(48)43-20-7-6-19-42(43)40-30-29-37-17-4-5-18-39(37)35-40/h1-35H. The number of benzene rings is 9. The number of nitrogens with zero attached hydrogens (tertiary/aromatic N) is 1. The lowest BCUT2D eigenvalue weighted by Gasteiger charge is -2.30. The summed E-state index contributed by atoms with van der Waals surface area (Å²) in [7, 11) is 0. The van der Waals surface area contributed by atoms with E-state index in [0.717, 1.165) is 55.7 Å². The number of rotatable bonds is 7. The lowest BCUT2D eigenvalue weighted by molar-refractivity contribution is 0.669. The lowest BCUT2D eigenvalue weighted by Crippen LogP contribution is -2.12. The summed E-state index contributed by atoms with van der Waals surface area (Å²) in [6.07, 6.45) is 0. The molecule has 0 saturated heterocycles. The zero-order valence-corrected chi connectivity index (χ0v) is 29.6. The Labute approximate surface area is 314 Å². The van der Waals surface area contributed by atoms with Crippen LogP contribution in [0, 0.1) is 0 Å². The van der Waals surface area contributed by atoms with Gasteiger partial charge in [0.1, 0.15) is 11.2 Å². The molecule has 0 N–H and O–H groups in total. The van der Waals surface area contributed by atoms with Crippen molar-refractivity contribution in [2.75, 3.05) is 4.90 Å². The van der Waals surface area contributed by atoms with Crippen LogP contribution in [0.1, 0.15) is 0 Å². The third kappa shape index (κ3) is 5.53. The molecule has 2 heteroatoms. The first-order chi connectivity index (χ1) is 26.8. The predicted octanol–water partition coefficient (Wildman–Crippen LogP) is 14.9. The highest BCUT2D eigenvalue weighted by atomic mass is 16.3. The first-order valence-corrected chi connectivity index (χ1v) is 18.4. The average Bonchev–Trinajstić information content (AvgIpc) is 3.64. The molecule has 0 saturated carbocycles. The van der Waals surface area contributed by atoms with E-state index in [4.69, 9.17) is 4.42 Å². The monoisotopic (exact) mass is 689 g/mol. The van der Waals surface area contributed by atoms with Crippen molar-refractivity contribution >= 4 is 49.8 Å². The van der Waals surface area contributed by atoms with Crippen LogP contribution in [0.15, 0.2) is 217 Å². The summed E-state index contributed by atoms with van der Waals surface area (Å²) in [6.45, 7) is 0. The molecule has 0 spiro atoms. The van der Waals surface area contributed by atoms with E-state index in [1.54, 1.807) is 0 Å². The Balaban J connectivity index is 1.21. The van der Waals surface area contributed by atoms with Gasteiger partial charge in [-0.05, 0) is 86.6 Å². The molecule has 0 atom stereocenters. The van der Waals surface area contributed by atoms with Gasteiger partial charge in [0.25, 0.3) is 0 Å². The van der Waals surface area contributed by atoms with Crippen LogP contribution in [0.2, 0.25) is 0 Å². The molecule has 54 heavy (non-hydrogen) atoms. The Morgan fingerprint density at radius 2 is 0.852 bits per heavy atom. The summed E-state index contributed by atoms with van der Waals surface area (Å²) in [5.74, 6) is 0. The molecule has 2 nitrogen and oxygen atoms in total. The van der Waals surface area contributed by atoms with Crippen LogP contribution in [0.3, 0.4) is 0 Å². The smallest absolute Gasteiger partial charge is 0.136 e. The summed E-state index contributed by atoms with van der Waals surface area (Å²) in [5.41, 5.74) is 14.4. The SMILES string of the molecule is c1ccc(-c2ccc(N(c3ccccc3-c3ccccc3-c3ccc4ccccc4c3)c3ccccc3-c3cccc4oc5ccccc5c34)cc2)cc1. The van der Waals surface area contributed by atoms with Crippen molar-refractivity contribution in [2.45, 2.75) is 0 Å². The second kappa shape index (κ2) is 13.4. The Bertz CT molecular complexity index is 2940. The van der Waals surface area contributed by atoms with Crippen LogP contribution in [-0.2, 0) is 0 Å². The first-order valence-electron chi connectivity index (χ1n) is 18.4.